The molecule has 3 aromatic carbocycles. The van der Waals surface area contributed by atoms with Gasteiger partial charge in [0.1, 0.15) is 0 Å². The molecule has 2 aliphatic heterocycles. The van der Waals surface area contributed by atoms with E-state index < -0.39 is 5.72 Å². The molecule has 1 atom stereocenters. The second kappa shape index (κ2) is 8.21. The molecule has 3 aliphatic rings. The number of hydrazone groups is 1. The second-order valence-electron chi connectivity index (χ2n) is 9.23. The van der Waals surface area contributed by atoms with E-state index in [0.29, 0.717) is 5.92 Å². The molecular weight excluding hydrogens is 476 g/mol. The minimum absolute atomic E-state index is 0.163. The third-order valence-electron chi connectivity index (χ3n) is 7.42. The van der Waals surface area contributed by atoms with E-state index in [1.165, 1.54) is 16.7 Å². The maximum atomic E-state index is 6.87. The average molecular weight is 503 g/mol. The minimum atomic E-state index is -0.436. The fraction of sp³-hybridized carbons (Fsp3) is 0.321. The lowest BCUT2D eigenvalue weighted by Gasteiger charge is -2.50. The maximum Gasteiger partial charge on any atom is 0.198 e. The summed E-state index contributed by atoms with van der Waals surface area (Å²) in [5.41, 5.74) is 4.45. The van der Waals surface area contributed by atoms with Gasteiger partial charge in [-0.15, -0.1) is 0 Å². The lowest BCUT2D eigenvalue weighted by molar-refractivity contribution is -0.143. The van der Waals surface area contributed by atoms with Gasteiger partial charge >= 0.3 is 0 Å². The molecule has 0 bridgehead atoms. The van der Waals surface area contributed by atoms with Crippen molar-refractivity contribution in [3.05, 3.63) is 94.0 Å². The Hall–Kier alpha value is -2.79. The summed E-state index contributed by atoms with van der Waals surface area (Å²) in [6, 6.07) is 25.7. The van der Waals surface area contributed by atoms with Crippen molar-refractivity contribution >= 4 is 21.6 Å². The highest BCUT2D eigenvalue weighted by Gasteiger charge is 2.52. The lowest BCUT2D eigenvalue weighted by atomic mass is 9.78. The first kappa shape index (κ1) is 20.8. The predicted octanol–water partition coefficient (Wildman–Crippen LogP) is 7.06. The number of benzene rings is 3. The second-order valence-corrected chi connectivity index (χ2v) is 10.1. The van der Waals surface area contributed by atoms with Gasteiger partial charge in [-0.2, -0.15) is 5.10 Å². The molecule has 1 spiro atoms. The van der Waals surface area contributed by atoms with Crippen molar-refractivity contribution in [1.29, 1.82) is 0 Å². The summed E-state index contributed by atoms with van der Waals surface area (Å²) in [4.78, 5) is 0. The number of halogens is 1. The van der Waals surface area contributed by atoms with Crippen LogP contribution in [0.1, 0.15) is 60.8 Å². The highest BCUT2D eigenvalue weighted by molar-refractivity contribution is 9.10. The summed E-state index contributed by atoms with van der Waals surface area (Å²) in [7, 11) is 1.72. The van der Waals surface area contributed by atoms with Gasteiger partial charge in [0.25, 0.3) is 0 Å². The van der Waals surface area contributed by atoms with Crippen LogP contribution in [0, 0.1) is 0 Å². The topological polar surface area (TPSA) is 34.1 Å². The van der Waals surface area contributed by atoms with Gasteiger partial charge in [0.2, 0.25) is 0 Å². The lowest BCUT2D eigenvalue weighted by Crippen LogP contribution is -2.55. The van der Waals surface area contributed by atoms with E-state index >= 15 is 0 Å². The van der Waals surface area contributed by atoms with Gasteiger partial charge in [-0.05, 0) is 48.1 Å². The van der Waals surface area contributed by atoms with Crippen molar-refractivity contribution in [2.75, 3.05) is 7.11 Å². The molecule has 1 saturated carbocycles. The Morgan fingerprint density at radius 3 is 2.45 bits per heavy atom. The van der Waals surface area contributed by atoms with Crippen LogP contribution in [0.3, 0.4) is 0 Å². The maximum absolute atomic E-state index is 6.87. The van der Waals surface area contributed by atoms with Gasteiger partial charge in [0.15, 0.2) is 17.2 Å². The third-order valence-corrected chi connectivity index (χ3v) is 7.95. The first-order chi connectivity index (χ1) is 16.2. The summed E-state index contributed by atoms with van der Waals surface area (Å²) >= 11 is 3.55. The molecule has 0 aromatic heterocycles. The van der Waals surface area contributed by atoms with Crippen LogP contribution in [0.2, 0.25) is 0 Å². The Morgan fingerprint density at radius 2 is 1.73 bits per heavy atom. The molecule has 0 unspecified atom stereocenters. The Kier molecular flexibility index (Phi) is 5.17. The number of hydrogen-bond donors (Lipinski definition) is 0. The highest BCUT2D eigenvalue weighted by atomic mass is 79.9. The summed E-state index contributed by atoms with van der Waals surface area (Å²) in [6.45, 7) is 0. The van der Waals surface area contributed by atoms with Crippen LogP contribution in [0.5, 0.6) is 11.5 Å². The summed E-state index contributed by atoms with van der Waals surface area (Å²) in [5.74, 6) is 2.27. The number of para-hydroxylation sites is 1. The molecule has 3 aromatic rings. The Morgan fingerprint density at radius 1 is 0.970 bits per heavy atom. The number of hydrogen-bond acceptors (Lipinski definition) is 4. The van der Waals surface area contributed by atoms with Crippen LogP contribution in [-0.2, 0) is 0 Å². The van der Waals surface area contributed by atoms with Crippen molar-refractivity contribution < 1.29 is 9.47 Å². The number of rotatable bonds is 3. The molecule has 168 valence electrons. The molecule has 2 heterocycles. The summed E-state index contributed by atoms with van der Waals surface area (Å²) in [5, 5.41) is 7.49. The molecule has 6 rings (SSSR count). The van der Waals surface area contributed by atoms with Crippen LogP contribution in [0.15, 0.2) is 82.4 Å². The molecule has 1 fully saturated rings. The average Bonchev–Trinajstić information content (AvgIpc) is 3.32. The molecular formula is C28H27BrN2O2. The van der Waals surface area contributed by atoms with Gasteiger partial charge in [-0.25, -0.2) is 5.01 Å². The molecule has 0 radical (unpaired) electrons. The smallest absolute Gasteiger partial charge is 0.198 e. The zero-order valence-electron chi connectivity index (χ0n) is 18.7. The SMILES string of the molecule is COc1cccc2c1OC1(CCC(c3ccccc3)CC1)N1N=C(c3ccc(Br)cc3)C[C@@H]21. The van der Waals surface area contributed by atoms with Crippen LogP contribution in [-0.4, -0.2) is 23.6 Å². The molecule has 0 amide bonds. The van der Waals surface area contributed by atoms with Gasteiger partial charge in [-0.3, -0.25) is 0 Å². The first-order valence-electron chi connectivity index (χ1n) is 11.7. The van der Waals surface area contributed by atoms with Gasteiger partial charge < -0.3 is 9.47 Å². The van der Waals surface area contributed by atoms with E-state index in [2.05, 4.69) is 87.7 Å². The molecule has 0 N–H and O–H groups in total. The molecule has 1 aliphatic carbocycles. The third kappa shape index (κ3) is 3.54. The molecule has 4 nitrogen and oxygen atoms in total. The van der Waals surface area contributed by atoms with E-state index in [1.54, 1.807) is 7.11 Å². The Bertz CT molecular complexity index is 1180. The van der Waals surface area contributed by atoms with Crippen molar-refractivity contribution in [2.45, 2.75) is 49.8 Å². The molecule has 0 saturated heterocycles. The minimum Gasteiger partial charge on any atom is -0.493 e. The van der Waals surface area contributed by atoms with E-state index in [1.807, 2.05) is 6.07 Å². The van der Waals surface area contributed by atoms with Crippen molar-refractivity contribution in [3.8, 4) is 11.5 Å². The van der Waals surface area contributed by atoms with E-state index in [0.717, 1.165) is 53.8 Å². The zero-order valence-corrected chi connectivity index (χ0v) is 20.3. The van der Waals surface area contributed by atoms with Crippen LogP contribution < -0.4 is 9.47 Å². The van der Waals surface area contributed by atoms with Crippen LogP contribution in [0.4, 0.5) is 0 Å². The Labute approximate surface area is 203 Å². The molecule has 33 heavy (non-hydrogen) atoms. The predicted molar refractivity (Wildman–Crippen MR) is 134 cm³/mol. The van der Waals surface area contributed by atoms with E-state index in [4.69, 9.17) is 14.6 Å². The number of fused-ring (bicyclic) bond motifs is 4. The normalized spacial score (nSPS) is 25.8. The zero-order chi connectivity index (χ0) is 22.4. The van der Waals surface area contributed by atoms with Crippen molar-refractivity contribution in [2.24, 2.45) is 5.10 Å². The summed E-state index contributed by atoms with van der Waals surface area (Å²) < 4.78 is 13.7. The molecule has 5 heteroatoms. The van der Waals surface area contributed by atoms with E-state index in [-0.39, 0.29) is 6.04 Å². The fourth-order valence-corrected chi connectivity index (χ4v) is 5.97. The number of nitrogens with zero attached hydrogens (tertiary/aromatic N) is 2. The first-order valence-corrected chi connectivity index (χ1v) is 12.5. The largest absolute Gasteiger partial charge is 0.493 e. The van der Waals surface area contributed by atoms with Crippen LogP contribution >= 0.6 is 15.9 Å². The number of ether oxygens (including phenoxy) is 2. The standard InChI is InChI=1S/C28H27BrN2O2/c1-32-26-9-5-8-23-25-18-24(21-10-12-22(29)13-11-21)30-31(25)28(33-27(23)26)16-14-20(15-17-28)19-6-3-2-4-7-19/h2-13,20,25H,14-18H2,1H3/t20?,25-,28?/m0/s1. The van der Waals surface area contributed by atoms with Crippen LogP contribution in [0.25, 0.3) is 0 Å². The summed E-state index contributed by atoms with van der Waals surface area (Å²) in [6.07, 6.45) is 4.92. The fourth-order valence-electron chi connectivity index (χ4n) is 5.71. The highest BCUT2D eigenvalue weighted by Crippen LogP contribution is 2.55. The Balaban J connectivity index is 1.38. The van der Waals surface area contributed by atoms with Gasteiger partial charge in [0, 0.05) is 29.3 Å². The van der Waals surface area contributed by atoms with Crippen molar-refractivity contribution in [3.63, 3.8) is 0 Å². The van der Waals surface area contributed by atoms with Gasteiger partial charge in [0.05, 0.1) is 18.9 Å². The quantitative estimate of drug-likeness (QED) is 0.384. The van der Waals surface area contributed by atoms with Gasteiger partial charge in [-0.1, -0.05) is 70.5 Å². The number of methoxy groups -OCH3 is 1. The monoisotopic (exact) mass is 502 g/mol. The van der Waals surface area contributed by atoms with E-state index in [9.17, 15) is 0 Å². The van der Waals surface area contributed by atoms with Crippen molar-refractivity contribution in [1.82, 2.24) is 5.01 Å².